The molecule has 1 heterocycles. The van der Waals surface area contributed by atoms with Crippen LogP contribution in [0.2, 0.25) is 0 Å². The lowest BCUT2D eigenvalue weighted by molar-refractivity contribution is -0.134. The van der Waals surface area contributed by atoms with Crippen molar-refractivity contribution in [3.63, 3.8) is 0 Å². The van der Waals surface area contributed by atoms with Crippen LogP contribution in [0.1, 0.15) is 29.7 Å². The summed E-state index contributed by atoms with van der Waals surface area (Å²) in [5, 5.41) is 2.86. The van der Waals surface area contributed by atoms with Crippen molar-refractivity contribution in [1.82, 2.24) is 9.80 Å². The molecule has 1 unspecified atom stereocenters. The normalized spacial score (nSPS) is 16.0. The first-order valence-corrected chi connectivity index (χ1v) is 8.92. The third kappa shape index (κ3) is 3.72. The number of fused-ring (bicyclic) bond motifs is 1. The number of hydrogen-bond acceptors (Lipinski definition) is 2. The van der Waals surface area contributed by atoms with Gasteiger partial charge in [-0.05, 0) is 43.0 Å². The number of amides is 3. The lowest BCUT2D eigenvalue weighted by atomic mass is 9.93. The van der Waals surface area contributed by atoms with Gasteiger partial charge in [0.05, 0.1) is 6.04 Å². The van der Waals surface area contributed by atoms with Crippen molar-refractivity contribution in [2.75, 3.05) is 25.5 Å². The molecule has 1 aliphatic rings. The van der Waals surface area contributed by atoms with Gasteiger partial charge in [-0.25, -0.2) is 4.79 Å². The van der Waals surface area contributed by atoms with Crippen molar-refractivity contribution in [1.29, 1.82) is 0 Å². The third-order valence-corrected chi connectivity index (χ3v) is 5.02. The van der Waals surface area contributed by atoms with E-state index in [2.05, 4.69) is 17.4 Å². The quantitative estimate of drug-likeness (QED) is 0.918. The predicted molar refractivity (Wildman–Crippen MR) is 103 cm³/mol. The molecule has 5 nitrogen and oxygen atoms in total. The second-order valence-electron chi connectivity index (χ2n) is 6.81. The highest BCUT2D eigenvalue weighted by Gasteiger charge is 2.28. The summed E-state index contributed by atoms with van der Waals surface area (Å²) in [7, 11) is 1.65. The van der Waals surface area contributed by atoms with Crippen LogP contribution in [0, 0.1) is 6.92 Å². The van der Waals surface area contributed by atoms with Gasteiger partial charge in [0.2, 0.25) is 5.91 Å². The largest absolute Gasteiger partial charge is 0.334 e. The molecular formula is C21H25N3O2. The molecule has 2 aromatic rings. The molecule has 1 atom stereocenters. The Hall–Kier alpha value is -2.82. The average molecular weight is 351 g/mol. The number of carbonyl (C=O) groups is 2. The number of urea groups is 1. The van der Waals surface area contributed by atoms with Crippen LogP contribution in [-0.2, 0) is 11.2 Å². The number of anilines is 1. The number of hydrogen-bond donors (Lipinski definition) is 1. The second kappa shape index (κ2) is 7.60. The molecule has 2 aromatic carbocycles. The SMILES string of the molecule is Cc1ccccc1NC(=O)N(C)CC(=O)N1CCc2ccccc2C1C. The van der Waals surface area contributed by atoms with Crippen molar-refractivity contribution in [3.8, 4) is 0 Å². The summed E-state index contributed by atoms with van der Waals surface area (Å²) in [6.45, 7) is 4.73. The number of para-hydroxylation sites is 1. The van der Waals surface area contributed by atoms with Crippen LogP contribution >= 0.6 is 0 Å². The minimum atomic E-state index is -0.280. The second-order valence-corrected chi connectivity index (χ2v) is 6.81. The fraction of sp³-hybridized carbons (Fsp3) is 0.333. The van der Waals surface area contributed by atoms with E-state index in [0.29, 0.717) is 6.54 Å². The summed E-state index contributed by atoms with van der Waals surface area (Å²) in [5.41, 5.74) is 4.24. The molecule has 5 heteroatoms. The molecule has 0 saturated carbocycles. The van der Waals surface area contributed by atoms with E-state index in [9.17, 15) is 9.59 Å². The highest BCUT2D eigenvalue weighted by molar-refractivity contribution is 5.92. The smallest absolute Gasteiger partial charge is 0.322 e. The Morgan fingerprint density at radius 2 is 1.85 bits per heavy atom. The fourth-order valence-corrected chi connectivity index (χ4v) is 3.40. The van der Waals surface area contributed by atoms with Crippen LogP contribution in [0.4, 0.5) is 10.5 Å². The van der Waals surface area contributed by atoms with Crippen molar-refractivity contribution in [3.05, 3.63) is 65.2 Å². The molecule has 136 valence electrons. The summed E-state index contributed by atoms with van der Waals surface area (Å²) < 4.78 is 0. The summed E-state index contributed by atoms with van der Waals surface area (Å²) in [4.78, 5) is 28.5. The van der Waals surface area contributed by atoms with Gasteiger partial charge in [-0.15, -0.1) is 0 Å². The molecule has 0 radical (unpaired) electrons. The van der Waals surface area contributed by atoms with E-state index in [1.165, 1.54) is 16.0 Å². The molecule has 26 heavy (non-hydrogen) atoms. The Kier molecular flexibility index (Phi) is 5.26. The molecule has 0 aromatic heterocycles. The Balaban J connectivity index is 1.62. The van der Waals surface area contributed by atoms with Gasteiger partial charge in [-0.2, -0.15) is 0 Å². The van der Waals surface area contributed by atoms with Crippen molar-refractivity contribution < 1.29 is 9.59 Å². The number of nitrogens with one attached hydrogen (secondary N) is 1. The minimum Gasteiger partial charge on any atom is -0.334 e. The van der Waals surface area contributed by atoms with E-state index in [-0.39, 0.29) is 24.5 Å². The number of benzene rings is 2. The zero-order valence-corrected chi connectivity index (χ0v) is 15.5. The van der Waals surface area contributed by atoms with Crippen molar-refractivity contribution in [2.45, 2.75) is 26.3 Å². The summed E-state index contributed by atoms with van der Waals surface area (Å²) >= 11 is 0. The Morgan fingerprint density at radius 1 is 1.15 bits per heavy atom. The van der Waals surface area contributed by atoms with Gasteiger partial charge >= 0.3 is 6.03 Å². The topological polar surface area (TPSA) is 52.7 Å². The lowest BCUT2D eigenvalue weighted by Gasteiger charge is -2.36. The number of nitrogens with zero attached hydrogens (tertiary/aromatic N) is 2. The zero-order chi connectivity index (χ0) is 18.7. The van der Waals surface area contributed by atoms with Gasteiger partial charge in [0.25, 0.3) is 0 Å². The van der Waals surface area contributed by atoms with Gasteiger partial charge in [0.1, 0.15) is 6.54 Å². The molecular weight excluding hydrogens is 326 g/mol. The first kappa shape index (κ1) is 18.0. The number of carbonyl (C=O) groups excluding carboxylic acids is 2. The molecule has 0 fully saturated rings. The van der Waals surface area contributed by atoms with E-state index in [1.807, 2.05) is 55.1 Å². The Bertz CT molecular complexity index is 818. The number of likely N-dealkylation sites (N-methyl/N-ethyl adjacent to an activating group) is 1. The van der Waals surface area contributed by atoms with Gasteiger partial charge in [-0.1, -0.05) is 42.5 Å². The van der Waals surface area contributed by atoms with Crippen LogP contribution in [0.3, 0.4) is 0 Å². The summed E-state index contributed by atoms with van der Waals surface area (Å²) in [5.74, 6) is -0.0329. The fourth-order valence-electron chi connectivity index (χ4n) is 3.40. The predicted octanol–water partition coefficient (Wildman–Crippen LogP) is 3.60. The maximum Gasteiger partial charge on any atom is 0.322 e. The maximum atomic E-state index is 12.8. The molecule has 3 rings (SSSR count). The van der Waals surface area contributed by atoms with Gasteiger partial charge < -0.3 is 15.1 Å². The first-order chi connectivity index (χ1) is 12.5. The van der Waals surface area contributed by atoms with Gasteiger partial charge in [-0.3, -0.25) is 4.79 Å². The number of rotatable bonds is 3. The van der Waals surface area contributed by atoms with E-state index in [1.54, 1.807) is 7.05 Å². The molecule has 3 amide bonds. The van der Waals surface area contributed by atoms with E-state index >= 15 is 0 Å². The number of aryl methyl sites for hydroxylation is 1. The van der Waals surface area contributed by atoms with E-state index in [0.717, 1.165) is 17.7 Å². The highest BCUT2D eigenvalue weighted by atomic mass is 16.2. The molecule has 0 aliphatic carbocycles. The highest BCUT2D eigenvalue weighted by Crippen LogP contribution is 2.29. The molecule has 0 saturated heterocycles. The lowest BCUT2D eigenvalue weighted by Crippen LogP contribution is -2.45. The monoisotopic (exact) mass is 351 g/mol. The minimum absolute atomic E-state index is 0.0280. The summed E-state index contributed by atoms with van der Waals surface area (Å²) in [6.07, 6.45) is 0.853. The zero-order valence-electron chi connectivity index (χ0n) is 15.5. The van der Waals surface area contributed by atoms with Crippen LogP contribution in [0.15, 0.2) is 48.5 Å². The van der Waals surface area contributed by atoms with Gasteiger partial charge in [0, 0.05) is 19.3 Å². The van der Waals surface area contributed by atoms with Crippen LogP contribution in [0.5, 0.6) is 0 Å². The van der Waals surface area contributed by atoms with Crippen LogP contribution in [-0.4, -0.2) is 41.9 Å². The molecule has 1 aliphatic heterocycles. The first-order valence-electron chi connectivity index (χ1n) is 8.92. The molecule has 0 spiro atoms. The van der Waals surface area contributed by atoms with E-state index in [4.69, 9.17) is 0 Å². The molecule has 1 N–H and O–H groups in total. The van der Waals surface area contributed by atoms with Gasteiger partial charge in [0.15, 0.2) is 0 Å². The Labute approximate surface area is 154 Å². The summed E-state index contributed by atoms with van der Waals surface area (Å²) in [6, 6.07) is 15.6. The average Bonchev–Trinajstić information content (AvgIpc) is 2.64. The standard InChI is InChI=1S/C21H25N3O2/c1-15-8-4-7-11-19(15)22-21(26)23(3)14-20(25)24-13-12-17-9-5-6-10-18(17)16(24)2/h4-11,16H,12-14H2,1-3H3,(H,22,26). The van der Waals surface area contributed by atoms with Crippen LogP contribution in [0.25, 0.3) is 0 Å². The van der Waals surface area contributed by atoms with E-state index < -0.39 is 0 Å². The van der Waals surface area contributed by atoms with Crippen LogP contribution < -0.4 is 5.32 Å². The van der Waals surface area contributed by atoms with Crippen molar-refractivity contribution in [2.24, 2.45) is 0 Å². The Morgan fingerprint density at radius 3 is 2.62 bits per heavy atom. The van der Waals surface area contributed by atoms with Crippen molar-refractivity contribution >= 4 is 17.6 Å². The third-order valence-electron chi connectivity index (χ3n) is 5.02. The maximum absolute atomic E-state index is 12.8. The molecule has 0 bridgehead atoms.